The fourth-order valence-corrected chi connectivity index (χ4v) is 3.50. The van der Waals surface area contributed by atoms with Gasteiger partial charge in [0.15, 0.2) is 5.96 Å². The molecule has 24 heavy (non-hydrogen) atoms. The van der Waals surface area contributed by atoms with Crippen LogP contribution >= 0.6 is 24.0 Å². The minimum Gasteiger partial charge on any atom is -0.381 e. The van der Waals surface area contributed by atoms with Gasteiger partial charge >= 0.3 is 0 Å². The van der Waals surface area contributed by atoms with Gasteiger partial charge in [-0.1, -0.05) is 42.5 Å². The van der Waals surface area contributed by atoms with Crippen molar-refractivity contribution in [1.29, 1.82) is 0 Å². The fraction of sp³-hybridized carbons (Fsp3) is 0.526. The summed E-state index contributed by atoms with van der Waals surface area (Å²) in [5, 5.41) is 7.08. The number of guanidine groups is 1. The lowest BCUT2D eigenvalue weighted by Gasteiger charge is -2.38. The molecule has 1 aliphatic carbocycles. The predicted molar refractivity (Wildman–Crippen MR) is 110 cm³/mol. The van der Waals surface area contributed by atoms with Crippen molar-refractivity contribution in [2.24, 2.45) is 4.99 Å². The third-order valence-electron chi connectivity index (χ3n) is 5.00. The summed E-state index contributed by atoms with van der Waals surface area (Å²) in [6, 6.07) is 11.3. The highest BCUT2D eigenvalue weighted by Crippen LogP contribution is 2.34. The predicted octanol–water partition coefficient (Wildman–Crippen LogP) is 3.24. The minimum absolute atomic E-state index is 0. The topological polar surface area (TPSA) is 45.7 Å². The van der Waals surface area contributed by atoms with Crippen molar-refractivity contribution in [2.45, 2.75) is 37.1 Å². The lowest BCUT2D eigenvalue weighted by atomic mass is 9.74. The molecule has 0 bridgehead atoms. The van der Waals surface area contributed by atoms with E-state index in [1.807, 2.05) is 7.05 Å². The van der Waals surface area contributed by atoms with Gasteiger partial charge in [0, 0.05) is 38.3 Å². The molecule has 1 aliphatic heterocycles. The molecule has 2 aliphatic rings. The van der Waals surface area contributed by atoms with E-state index in [-0.39, 0.29) is 29.4 Å². The van der Waals surface area contributed by atoms with Crippen molar-refractivity contribution < 1.29 is 4.74 Å². The van der Waals surface area contributed by atoms with Gasteiger partial charge in [0.25, 0.3) is 0 Å². The summed E-state index contributed by atoms with van der Waals surface area (Å²) in [5.41, 5.74) is 1.53. The molecule has 0 unspecified atom stereocenters. The van der Waals surface area contributed by atoms with Crippen molar-refractivity contribution >= 4 is 29.9 Å². The molecule has 0 aromatic heterocycles. The van der Waals surface area contributed by atoms with Gasteiger partial charge in [-0.05, 0) is 31.2 Å². The van der Waals surface area contributed by atoms with Gasteiger partial charge in [-0.3, -0.25) is 4.99 Å². The monoisotopic (exact) mass is 441 g/mol. The quantitative estimate of drug-likeness (QED) is 0.327. The van der Waals surface area contributed by atoms with E-state index in [1.165, 1.54) is 5.56 Å². The highest BCUT2D eigenvalue weighted by atomic mass is 127. The Morgan fingerprint density at radius 3 is 2.46 bits per heavy atom. The van der Waals surface area contributed by atoms with E-state index < -0.39 is 0 Å². The van der Waals surface area contributed by atoms with Gasteiger partial charge < -0.3 is 15.4 Å². The van der Waals surface area contributed by atoms with Crippen LogP contribution in [0.15, 0.2) is 47.5 Å². The first-order chi connectivity index (χ1) is 11.3. The number of nitrogens with zero attached hydrogens (tertiary/aromatic N) is 1. The second-order valence-electron chi connectivity index (χ2n) is 6.47. The Bertz CT molecular complexity index is 545. The number of aliphatic imine (C=N–C) groups is 1. The zero-order chi connectivity index (χ0) is 16.0. The van der Waals surface area contributed by atoms with Crippen LogP contribution in [0.5, 0.6) is 0 Å². The van der Waals surface area contributed by atoms with Gasteiger partial charge in [0.1, 0.15) is 0 Å². The molecule has 0 amide bonds. The summed E-state index contributed by atoms with van der Waals surface area (Å²) in [7, 11) is 1.84. The Kier molecular flexibility index (Phi) is 7.55. The lowest BCUT2D eigenvalue weighted by molar-refractivity contribution is 0.0513. The molecule has 0 saturated carbocycles. The van der Waals surface area contributed by atoms with Crippen LogP contribution in [0.4, 0.5) is 0 Å². The second-order valence-corrected chi connectivity index (χ2v) is 6.47. The third kappa shape index (κ3) is 4.72. The van der Waals surface area contributed by atoms with Gasteiger partial charge in [-0.25, -0.2) is 0 Å². The fourth-order valence-electron chi connectivity index (χ4n) is 3.50. The smallest absolute Gasteiger partial charge is 0.191 e. The molecule has 1 fully saturated rings. The maximum Gasteiger partial charge on any atom is 0.191 e. The molecule has 0 atom stereocenters. The van der Waals surface area contributed by atoms with Crippen molar-refractivity contribution in [1.82, 2.24) is 10.6 Å². The Morgan fingerprint density at radius 1 is 1.17 bits per heavy atom. The number of rotatable bonds is 4. The number of benzene rings is 1. The molecule has 1 saturated heterocycles. The van der Waals surface area contributed by atoms with Crippen molar-refractivity contribution in [3.63, 3.8) is 0 Å². The molecule has 2 N–H and O–H groups in total. The molecule has 0 spiro atoms. The Balaban J connectivity index is 0.00000208. The highest BCUT2D eigenvalue weighted by Gasteiger charge is 2.34. The Labute approximate surface area is 162 Å². The molecule has 132 valence electrons. The summed E-state index contributed by atoms with van der Waals surface area (Å²) in [4.78, 5) is 4.40. The van der Waals surface area contributed by atoms with Crippen LogP contribution < -0.4 is 10.6 Å². The normalized spacial score (nSPS) is 20.5. The van der Waals surface area contributed by atoms with Gasteiger partial charge in [0.2, 0.25) is 0 Å². The van der Waals surface area contributed by atoms with Crippen LogP contribution in [0, 0.1) is 0 Å². The standard InChI is InChI=1S/C19H27N3O.HI/c1-20-18(22-17-9-5-6-10-17)21-15-19(11-13-23-14-12-19)16-7-3-2-4-8-16;/h2-8,17H,9-15H2,1H3,(H2,20,21,22);1H. The van der Waals surface area contributed by atoms with E-state index >= 15 is 0 Å². The summed E-state index contributed by atoms with van der Waals surface area (Å²) in [6.45, 7) is 2.55. The molecule has 4 nitrogen and oxygen atoms in total. The number of hydrogen-bond donors (Lipinski definition) is 2. The Morgan fingerprint density at radius 2 is 1.83 bits per heavy atom. The van der Waals surface area contributed by atoms with Crippen LogP contribution in [0.3, 0.4) is 0 Å². The van der Waals surface area contributed by atoms with Gasteiger partial charge in [-0.15, -0.1) is 24.0 Å². The summed E-state index contributed by atoms with van der Waals surface area (Å²) < 4.78 is 5.61. The average Bonchev–Trinajstić information content (AvgIpc) is 3.13. The molecular formula is C19H28IN3O. The number of halogens is 1. The zero-order valence-electron chi connectivity index (χ0n) is 14.3. The van der Waals surface area contributed by atoms with E-state index in [9.17, 15) is 0 Å². The summed E-state index contributed by atoms with van der Waals surface area (Å²) in [5.74, 6) is 0.903. The van der Waals surface area contributed by atoms with Crippen LogP contribution in [0.25, 0.3) is 0 Å². The number of nitrogens with one attached hydrogen (secondary N) is 2. The van der Waals surface area contributed by atoms with Crippen LogP contribution in [0.2, 0.25) is 0 Å². The maximum absolute atomic E-state index is 5.61. The van der Waals surface area contributed by atoms with Crippen LogP contribution in [0.1, 0.15) is 31.2 Å². The van der Waals surface area contributed by atoms with Crippen LogP contribution in [-0.2, 0) is 10.2 Å². The first-order valence-electron chi connectivity index (χ1n) is 8.58. The zero-order valence-corrected chi connectivity index (χ0v) is 16.7. The Hall–Kier alpha value is -1.08. The molecule has 0 radical (unpaired) electrons. The molecular weight excluding hydrogens is 413 g/mol. The first-order valence-corrected chi connectivity index (χ1v) is 8.58. The van der Waals surface area contributed by atoms with Crippen molar-refractivity contribution in [3.05, 3.63) is 48.0 Å². The molecule has 1 aromatic rings. The summed E-state index contributed by atoms with van der Waals surface area (Å²) in [6.07, 6.45) is 8.72. The third-order valence-corrected chi connectivity index (χ3v) is 5.00. The van der Waals surface area contributed by atoms with Crippen LogP contribution in [-0.4, -0.2) is 38.8 Å². The molecule has 1 heterocycles. The largest absolute Gasteiger partial charge is 0.381 e. The first kappa shape index (κ1) is 19.2. The lowest BCUT2D eigenvalue weighted by Crippen LogP contribution is -2.49. The van der Waals surface area contributed by atoms with E-state index in [0.717, 1.165) is 51.4 Å². The number of hydrogen-bond acceptors (Lipinski definition) is 2. The van der Waals surface area contributed by atoms with E-state index in [2.05, 4.69) is 58.1 Å². The molecule has 5 heteroatoms. The molecule has 1 aromatic carbocycles. The minimum atomic E-state index is 0. The van der Waals surface area contributed by atoms with E-state index in [1.54, 1.807) is 0 Å². The van der Waals surface area contributed by atoms with Gasteiger partial charge in [0.05, 0.1) is 0 Å². The van der Waals surface area contributed by atoms with Crippen molar-refractivity contribution in [3.8, 4) is 0 Å². The second kappa shape index (κ2) is 9.42. The van der Waals surface area contributed by atoms with Gasteiger partial charge in [-0.2, -0.15) is 0 Å². The summed E-state index contributed by atoms with van der Waals surface area (Å²) >= 11 is 0. The number of ether oxygens (including phenoxy) is 1. The SMILES string of the molecule is CN=C(NCC1(c2ccccc2)CCOCC1)NC1CC=CC1.I. The maximum atomic E-state index is 5.61. The van der Waals surface area contributed by atoms with Crippen molar-refractivity contribution in [2.75, 3.05) is 26.8 Å². The average molecular weight is 441 g/mol. The highest BCUT2D eigenvalue weighted by molar-refractivity contribution is 14.0. The van der Waals surface area contributed by atoms with E-state index in [0.29, 0.717) is 6.04 Å². The molecule has 3 rings (SSSR count). The van der Waals surface area contributed by atoms with E-state index in [4.69, 9.17) is 4.74 Å².